The van der Waals surface area contributed by atoms with E-state index in [0.717, 1.165) is 26.1 Å². The molecule has 0 aromatic rings. The second-order valence-electron chi connectivity index (χ2n) is 5.38. The van der Waals surface area contributed by atoms with Crippen LogP contribution < -0.4 is 0 Å². The van der Waals surface area contributed by atoms with E-state index in [4.69, 9.17) is 0 Å². The molecule has 0 amide bonds. The van der Waals surface area contributed by atoms with E-state index < -0.39 is 9.84 Å². The van der Waals surface area contributed by atoms with Crippen molar-refractivity contribution < 1.29 is 8.42 Å². The second kappa shape index (κ2) is 3.96. The lowest BCUT2D eigenvalue weighted by atomic mass is 10.1. The molecule has 0 aromatic heterocycles. The molecule has 2 unspecified atom stereocenters. The first-order valence-corrected chi connectivity index (χ1v) is 8.15. The van der Waals surface area contributed by atoms with Crippen LogP contribution in [0.25, 0.3) is 0 Å². The summed E-state index contributed by atoms with van der Waals surface area (Å²) >= 11 is 0. The molecular weight excluding hydrogens is 224 g/mol. The van der Waals surface area contributed by atoms with Crippen molar-refractivity contribution in [3.63, 3.8) is 0 Å². The lowest BCUT2D eigenvalue weighted by Gasteiger charge is -2.40. The van der Waals surface area contributed by atoms with Crippen LogP contribution in [0.1, 0.15) is 19.3 Å². The summed E-state index contributed by atoms with van der Waals surface area (Å²) in [5.41, 5.74) is 0. The Balaban J connectivity index is 1.64. The van der Waals surface area contributed by atoms with E-state index in [-0.39, 0.29) is 0 Å². The fraction of sp³-hybridized carbons (Fsp3) is 1.00. The van der Waals surface area contributed by atoms with Crippen LogP contribution in [0.3, 0.4) is 0 Å². The van der Waals surface area contributed by atoms with Gasteiger partial charge in [-0.05, 0) is 25.8 Å². The van der Waals surface area contributed by atoms with Crippen molar-refractivity contribution >= 4 is 9.84 Å². The Morgan fingerprint density at radius 2 is 1.75 bits per heavy atom. The highest BCUT2D eigenvalue weighted by atomic mass is 32.2. The normalized spacial score (nSPS) is 40.0. The molecule has 0 aromatic carbocycles. The maximum Gasteiger partial charge on any atom is 0.151 e. The first-order valence-electron chi connectivity index (χ1n) is 6.32. The summed E-state index contributed by atoms with van der Waals surface area (Å²) in [6.45, 7) is 4.56. The number of hydrogen-bond donors (Lipinski definition) is 0. The maximum absolute atomic E-state index is 11.5. The van der Waals surface area contributed by atoms with Gasteiger partial charge in [0.05, 0.1) is 11.5 Å². The zero-order valence-electron chi connectivity index (χ0n) is 9.64. The quantitative estimate of drug-likeness (QED) is 0.649. The molecule has 0 saturated carbocycles. The summed E-state index contributed by atoms with van der Waals surface area (Å²) in [7, 11) is -2.72. The van der Waals surface area contributed by atoms with Crippen LogP contribution in [0.15, 0.2) is 0 Å². The van der Waals surface area contributed by atoms with Crippen LogP contribution in [0.2, 0.25) is 0 Å². The zero-order valence-corrected chi connectivity index (χ0v) is 10.5. The highest BCUT2D eigenvalue weighted by molar-refractivity contribution is 7.91. The van der Waals surface area contributed by atoms with E-state index in [9.17, 15) is 8.42 Å². The van der Waals surface area contributed by atoms with Crippen molar-refractivity contribution in [3.8, 4) is 0 Å². The number of nitrogens with zero attached hydrogens (tertiary/aromatic N) is 2. The molecule has 0 radical (unpaired) electrons. The predicted octanol–water partition coefficient (Wildman–Crippen LogP) is -0.0465. The number of piperazine rings is 1. The number of fused-ring (bicyclic) bond motifs is 1. The zero-order chi connectivity index (χ0) is 11.2. The molecule has 3 rings (SSSR count). The standard InChI is InChI=1S/C11H20N2O2S/c14-16(15)7-3-11(9-16)13-6-5-12-4-1-2-10(12)8-13/h10-11H,1-9H2. The van der Waals surface area contributed by atoms with Gasteiger partial charge in [0.1, 0.15) is 0 Å². The molecule has 5 heteroatoms. The molecule has 3 aliphatic heterocycles. The molecule has 3 heterocycles. The van der Waals surface area contributed by atoms with Crippen molar-refractivity contribution in [3.05, 3.63) is 0 Å². The SMILES string of the molecule is O=S1(=O)CCC(N2CCN3CCCC3C2)C1. The van der Waals surface area contributed by atoms with E-state index in [2.05, 4.69) is 9.80 Å². The van der Waals surface area contributed by atoms with E-state index >= 15 is 0 Å². The summed E-state index contributed by atoms with van der Waals surface area (Å²) < 4.78 is 22.9. The van der Waals surface area contributed by atoms with Gasteiger partial charge in [-0.3, -0.25) is 9.80 Å². The summed E-state index contributed by atoms with van der Waals surface area (Å²) in [5.74, 6) is 0.808. The minimum Gasteiger partial charge on any atom is -0.298 e. The first-order chi connectivity index (χ1) is 7.64. The lowest BCUT2D eigenvalue weighted by Crippen LogP contribution is -2.53. The van der Waals surface area contributed by atoms with Gasteiger partial charge in [0, 0.05) is 31.7 Å². The topological polar surface area (TPSA) is 40.6 Å². The van der Waals surface area contributed by atoms with Gasteiger partial charge in [-0.25, -0.2) is 8.42 Å². The molecule has 3 aliphatic rings. The number of sulfone groups is 1. The number of hydrogen-bond acceptors (Lipinski definition) is 4. The Morgan fingerprint density at radius 3 is 2.50 bits per heavy atom. The fourth-order valence-corrected chi connectivity index (χ4v) is 5.17. The Labute approximate surface area is 97.5 Å². The average molecular weight is 244 g/mol. The average Bonchev–Trinajstić information content (AvgIpc) is 2.82. The Kier molecular flexibility index (Phi) is 2.72. The highest BCUT2D eigenvalue weighted by Gasteiger charge is 2.37. The molecular formula is C11H20N2O2S. The largest absolute Gasteiger partial charge is 0.298 e. The minimum absolute atomic E-state index is 0.313. The van der Waals surface area contributed by atoms with E-state index in [1.165, 1.54) is 19.4 Å². The third-order valence-electron chi connectivity index (χ3n) is 4.34. The van der Waals surface area contributed by atoms with Crippen molar-refractivity contribution in [1.82, 2.24) is 9.80 Å². The van der Waals surface area contributed by atoms with Crippen molar-refractivity contribution in [2.24, 2.45) is 0 Å². The highest BCUT2D eigenvalue weighted by Crippen LogP contribution is 2.25. The van der Waals surface area contributed by atoms with Crippen LogP contribution in [-0.4, -0.2) is 68.0 Å². The van der Waals surface area contributed by atoms with Gasteiger partial charge < -0.3 is 0 Å². The molecule has 0 aliphatic carbocycles. The van der Waals surface area contributed by atoms with E-state index in [1.807, 2.05) is 0 Å². The van der Waals surface area contributed by atoms with Crippen LogP contribution in [0, 0.1) is 0 Å². The molecule has 2 atom stereocenters. The van der Waals surface area contributed by atoms with Crippen LogP contribution in [-0.2, 0) is 9.84 Å². The summed E-state index contributed by atoms with van der Waals surface area (Å²) in [6.07, 6.45) is 3.48. The Hall–Kier alpha value is -0.130. The summed E-state index contributed by atoms with van der Waals surface area (Å²) in [4.78, 5) is 5.00. The monoisotopic (exact) mass is 244 g/mol. The summed E-state index contributed by atoms with van der Waals surface area (Å²) in [5, 5.41) is 0. The Bertz CT molecular complexity index is 368. The molecule has 3 fully saturated rings. The van der Waals surface area contributed by atoms with Gasteiger partial charge in [-0.2, -0.15) is 0 Å². The van der Waals surface area contributed by atoms with Gasteiger partial charge in [0.2, 0.25) is 0 Å². The van der Waals surface area contributed by atoms with Gasteiger partial charge in [0.25, 0.3) is 0 Å². The fourth-order valence-electron chi connectivity index (χ4n) is 3.41. The summed E-state index contributed by atoms with van der Waals surface area (Å²) in [6, 6.07) is 1.02. The van der Waals surface area contributed by atoms with Crippen LogP contribution >= 0.6 is 0 Å². The third kappa shape index (κ3) is 2.00. The van der Waals surface area contributed by atoms with Crippen molar-refractivity contribution in [2.75, 3.05) is 37.7 Å². The van der Waals surface area contributed by atoms with Gasteiger partial charge in [0.15, 0.2) is 9.84 Å². The minimum atomic E-state index is -2.72. The van der Waals surface area contributed by atoms with Gasteiger partial charge in [-0.1, -0.05) is 0 Å². The van der Waals surface area contributed by atoms with Crippen LogP contribution in [0.4, 0.5) is 0 Å². The Morgan fingerprint density at radius 1 is 0.938 bits per heavy atom. The van der Waals surface area contributed by atoms with Gasteiger partial charge in [-0.15, -0.1) is 0 Å². The van der Waals surface area contributed by atoms with E-state index in [1.54, 1.807) is 0 Å². The first kappa shape index (κ1) is 11.0. The molecule has 0 spiro atoms. The van der Waals surface area contributed by atoms with Crippen LogP contribution in [0.5, 0.6) is 0 Å². The molecule has 3 saturated heterocycles. The molecule has 92 valence electrons. The third-order valence-corrected chi connectivity index (χ3v) is 6.09. The van der Waals surface area contributed by atoms with Crippen molar-refractivity contribution in [1.29, 1.82) is 0 Å². The molecule has 0 N–H and O–H groups in total. The number of rotatable bonds is 1. The smallest absolute Gasteiger partial charge is 0.151 e. The molecule has 16 heavy (non-hydrogen) atoms. The predicted molar refractivity (Wildman–Crippen MR) is 63.2 cm³/mol. The van der Waals surface area contributed by atoms with E-state index in [0.29, 0.717) is 23.6 Å². The lowest BCUT2D eigenvalue weighted by molar-refractivity contribution is 0.0793. The maximum atomic E-state index is 11.5. The second-order valence-corrected chi connectivity index (χ2v) is 7.61. The van der Waals surface area contributed by atoms with Gasteiger partial charge >= 0.3 is 0 Å². The van der Waals surface area contributed by atoms with Crippen molar-refractivity contribution in [2.45, 2.75) is 31.3 Å². The molecule has 0 bridgehead atoms. The molecule has 4 nitrogen and oxygen atoms in total.